The lowest BCUT2D eigenvalue weighted by atomic mass is 10.1. The average Bonchev–Trinajstić information content (AvgIpc) is 2.64. The normalized spacial score (nSPS) is 12.1. The number of hydrogen-bond acceptors (Lipinski definition) is 4. The van der Waals surface area contributed by atoms with Gasteiger partial charge in [-0.2, -0.15) is 17.5 Å². The van der Waals surface area contributed by atoms with Crippen molar-refractivity contribution in [2.45, 2.75) is 24.9 Å². The average molecular weight is 465 g/mol. The number of likely N-dealkylation sites (N-methyl/N-ethyl adjacent to an activating group) is 1. The van der Waals surface area contributed by atoms with Crippen molar-refractivity contribution < 1.29 is 31.1 Å². The van der Waals surface area contributed by atoms with Crippen LogP contribution in [0.5, 0.6) is 5.75 Å². The van der Waals surface area contributed by atoms with Gasteiger partial charge in [-0.25, -0.2) is 8.42 Å². The summed E-state index contributed by atoms with van der Waals surface area (Å²) in [7, 11) is -2.89. The summed E-state index contributed by atoms with van der Waals surface area (Å²) in [5.41, 5.74) is -1.05. The number of anilines is 1. The zero-order valence-corrected chi connectivity index (χ0v) is 18.0. The van der Waals surface area contributed by atoms with Gasteiger partial charge in [-0.15, -0.1) is 0 Å². The van der Waals surface area contributed by atoms with Crippen LogP contribution < -0.4 is 10.1 Å². The van der Waals surface area contributed by atoms with Gasteiger partial charge >= 0.3 is 6.18 Å². The van der Waals surface area contributed by atoms with E-state index in [9.17, 15) is 26.4 Å². The van der Waals surface area contributed by atoms with Crippen LogP contribution in [0.2, 0.25) is 5.02 Å². The van der Waals surface area contributed by atoms with Gasteiger partial charge in [0.1, 0.15) is 5.75 Å². The van der Waals surface area contributed by atoms with Gasteiger partial charge in [0.15, 0.2) is 0 Å². The monoisotopic (exact) mass is 464 g/mol. The largest absolute Gasteiger partial charge is 0.494 e. The van der Waals surface area contributed by atoms with Crippen LogP contribution in [-0.2, 0) is 21.0 Å². The third-order valence-electron chi connectivity index (χ3n) is 4.08. The highest BCUT2D eigenvalue weighted by Crippen LogP contribution is 2.36. The highest BCUT2D eigenvalue weighted by Gasteiger charge is 2.34. The lowest BCUT2D eigenvalue weighted by Crippen LogP contribution is -2.35. The van der Waals surface area contributed by atoms with Crippen LogP contribution in [0.15, 0.2) is 41.3 Å². The number of carbonyl (C=O) groups is 1. The van der Waals surface area contributed by atoms with Crippen molar-refractivity contribution in [3.63, 3.8) is 0 Å². The maximum atomic E-state index is 13.2. The molecule has 2 aromatic rings. The SMILES string of the molecule is CCOc1ccc(S(=O)(=O)N(C)CC(=O)Nc2ccc(Cl)cc2C(F)(F)F)cc1C. The molecule has 1 N–H and O–H groups in total. The van der Waals surface area contributed by atoms with Gasteiger partial charge in [-0.3, -0.25) is 4.79 Å². The summed E-state index contributed by atoms with van der Waals surface area (Å²) in [6, 6.07) is 7.12. The molecular formula is C19H20ClF3N2O4S. The Hall–Kier alpha value is -2.30. The molecule has 0 aliphatic rings. The summed E-state index contributed by atoms with van der Waals surface area (Å²) in [6.45, 7) is 3.20. The van der Waals surface area contributed by atoms with Gasteiger partial charge < -0.3 is 10.1 Å². The topological polar surface area (TPSA) is 75.7 Å². The molecule has 2 rings (SSSR count). The predicted octanol–water partition coefficient (Wildman–Crippen LogP) is 4.33. The second kappa shape index (κ2) is 9.23. The molecule has 0 saturated heterocycles. The number of amides is 1. The summed E-state index contributed by atoms with van der Waals surface area (Å²) in [5.74, 6) is -0.407. The van der Waals surface area contributed by atoms with E-state index < -0.39 is 39.9 Å². The first-order valence-electron chi connectivity index (χ1n) is 8.72. The Labute approximate surface area is 177 Å². The van der Waals surface area contributed by atoms with E-state index in [2.05, 4.69) is 5.32 Å². The molecule has 2 aromatic carbocycles. The summed E-state index contributed by atoms with van der Waals surface area (Å²) >= 11 is 5.61. The Balaban J connectivity index is 2.19. The van der Waals surface area contributed by atoms with Gasteiger partial charge in [0.2, 0.25) is 15.9 Å². The van der Waals surface area contributed by atoms with E-state index in [-0.39, 0.29) is 9.92 Å². The van der Waals surface area contributed by atoms with Crippen LogP contribution in [0.3, 0.4) is 0 Å². The van der Waals surface area contributed by atoms with E-state index in [1.807, 2.05) is 0 Å². The van der Waals surface area contributed by atoms with Gasteiger partial charge in [-0.1, -0.05) is 11.6 Å². The molecule has 164 valence electrons. The maximum Gasteiger partial charge on any atom is 0.418 e. The predicted molar refractivity (Wildman–Crippen MR) is 107 cm³/mol. The molecule has 0 heterocycles. The fraction of sp³-hybridized carbons (Fsp3) is 0.316. The maximum absolute atomic E-state index is 13.2. The molecule has 11 heteroatoms. The number of aryl methyl sites for hydroxylation is 1. The second-order valence-corrected chi connectivity index (χ2v) is 8.84. The molecule has 0 unspecified atom stereocenters. The minimum Gasteiger partial charge on any atom is -0.494 e. The van der Waals surface area contributed by atoms with Crippen LogP contribution in [0.4, 0.5) is 18.9 Å². The standard InChI is InChI=1S/C19H20ClF3N2O4S/c1-4-29-17-8-6-14(9-12(17)2)30(27,28)25(3)11-18(26)24-16-7-5-13(20)10-15(16)19(21,22)23/h5-10H,4,11H2,1-3H3,(H,24,26). The molecule has 30 heavy (non-hydrogen) atoms. The summed E-state index contributed by atoms with van der Waals surface area (Å²) < 4.78 is 71.0. The molecule has 0 bridgehead atoms. The molecular weight excluding hydrogens is 445 g/mol. The Morgan fingerprint density at radius 3 is 2.43 bits per heavy atom. The van der Waals surface area contributed by atoms with Gasteiger partial charge in [0, 0.05) is 12.1 Å². The number of nitrogens with one attached hydrogen (secondary N) is 1. The number of benzene rings is 2. The first kappa shape index (κ1) is 24.0. The van der Waals surface area contributed by atoms with Gasteiger partial charge in [-0.05, 0) is 55.8 Å². The Morgan fingerprint density at radius 1 is 1.20 bits per heavy atom. The Kier molecular flexibility index (Phi) is 7.38. The quantitative estimate of drug-likeness (QED) is 0.662. The van der Waals surface area contributed by atoms with Crippen LogP contribution in [0, 0.1) is 6.92 Å². The van der Waals surface area contributed by atoms with Crippen molar-refractivity contribution >= 4 is 33.2 Å². The first-order chi connectivity index (χ1) is 13.9. The minimum atomic E-state index is -4.74. The number of hydrogen-bond donors (Lipinski definition) is 1. The van der Waals surface area contributed by atoms with Crippen LogP contribution >= 0.6 is 11.6 Å². The van der Waals surface area contributed by atoms with E-state index >= 15 is 0 Å². The lowest BCUT2D eigenvalue weighted by molar-refractivity contribution is -0.137. The smallest absolute Gasteiger partial charge is 0.418 e. The summed E-state index contributed by atoms with van der Waals surface area (Å²) in [6.07, 6.45) is -4.74. The Bertz CT molecular complexity index is 1040. The number of sulfonamides is 1. The van der Waals surface area contributed by atoms with E-state index in [0.717, 1.165) is 17.4 Å². The van der Waals surface area contributed by atoms with Crippen molar-refractivity contribution in [2.24, 2.45) is 0 Å². The molecule has 0 spiro atoms. The van der Waals surface area contributed by atoms with Crippen molar-refractivity contribution in [3.8, 4) is 5.75 Å². The first-order valence-corrected chi connectivity index (χ1v) is 10.5. The van der Waals surface area contributed by atoms with Crippen molar-refractivity contribution in [1.29, 1.82) is 0 Å². The zero-order valence-electron chi connectivity index (χ0n) is 16.4. The molecule has 0 aliphatic carbocycles. The third kappa shape index (κ3) is 5.65. The number of halogens is 4. The van der Waals surface area contributed by atoms with E-state index in [1.165, 1.54) is 24.3 Å². The Morgan fingerprint density at radius 2 is 1.87 bits per heavy atom. The highest BCUT2D eigenvalue weighted by molar-refractivity contribution is 7.89. The summed E-state index contributed by atoms with van der Waals surface area (Å²) in [4.78, 5) is 12.2. The number of nitrogens with zero attached hydrogens (tertiary/aromatic N) is 1. The van der Waals surface area contributed by atoms with Crippen molar-refractivity contribution in [3.05, 3.63) is 52.5 Å². The van der Waals surface area contributed by atoms with Gasteiger partial charge in [0.25, 0.3) is 0 Å². The molecule has 0 saturated carbocycles. The molecule has 0 atom stereocenters. The van der Waals surface area contributed by atoms with Crippen LogP contribution in [0.1, 0.15) is 18.1 Å². The van der Waals surface area contributed by atoms with E-state index in [4.69, 9.17) is 16.3 Å². The van der Waals surface area contributed by atoms with Crippen molar-refractivity contribution in [1.82, 2.24) is 4.31 Å². The van der Waals surface area contributed by atoms with Crippen LogP contribution in [-0.4, -0.2) is 38.8 Å². The third-order valence-corrected chi connectivity index (χ3v) is 6.12. The molecule has 0 aliphatic heterocycles. The molecule has 0 fully saturated rings. The van der Waals surface area contributed by atoms with Gasteiger partial charge in [0.05, 0.1) is 29.3 Å². The highest BCUT2D eigenvalue weighted by atomic mass is 35.5. The van der Waals surface area contributed by atoms with Crippen molar-refractivity contribution in [2.75, 3.05) is 25.5 Å². The fourth-order valence-electron chi connectivity index (χ4n) is 2.62. The number of alkyl halides is 3. The minimum absolute atomic E-state index is 0.0683. The van der Waals surface area contributed by atoms with E-state index in [1.54, 1.807) is 13.8 Å². The molecule has 0 radical (unpaired) electrons. The summed E-state index contributed by atoms with van der Waals surface area (Å²) in [5, 5.41) is 1.94. The number of ether oxygens (including phenoxy) is 1. The van der Waals surface area contributed by atoms with Crippen LogP contribution in [0.25, 0.3) is 0 Å². The van der Waals surface area contributed by atoms with E-state index in [0.29, 0.717) is 24.0 Å². The number of carbonyl (C=O) groups excluding carboxylic acids is 1. The fourth-order valence-corrected chi connectivity index (χ4v) is 4.00. The molecule has 0 aromatic heterocycles. The molecule has 1 amide bonds. The second-order valence-electron chi connectivity index (χ2n) is 6.36. The lowest BCUT2D eigenvalue weighted by Gasteiger charge is -2.19. The number of rotatable bonds is 7. The zero-order chi connectivity index (χ0) is 22.7. The molecule has 6 nitrogen and oxygen atoms in total.